The maximum absolute atomic E-state index is 5.42. The highest BCUT2D eigenvalue weighted by Crippen LogP contribution is 2.09. The fourth-order valence-electron chi connectivity index (χ4n) is 1.37. The van der Waals surface area contributed by atoms with Crippen molar-refractivity contribution in [2.75, 3.05) is 19.8 Å². The van der Waals surface area contributed by atoms with Crippen LogP contribution in [0.25, 0.3) is 0 Å². The predicted octanol–water partition coefficient (Wildman–Crippen LogP) is 0.528. The van der Waals surface area contributed by atoms with Crippen molar-refractivity contribution in [2.24, 2.45) is 0 Å². The van der Waals surface area contributed by atoms with Crippen LogP contribution in [-0.4, -0.2) is 29.7 Å². The van der Waals surface area contributed by atoms with Gasteiger partial charge in [-0.25, -0.2) is 9.97 Å². The van der Waals surface area contributed by atoms with Gasteiger partial charge in [-0.2, -0.15) is 0 Å². The van der Waals surface area contributed by atoms with Crippen LogP contribution >= 0.6 is 0 Å². The Morgan fingerprint density at radius 3 is 3.08 bits per heavy atom. The zero-order valence-electron chi connectivity index (χ0n) is 7.44. The molecule has 1 fully saturated rings. The lowest BCUT2D eigenvalue weighted by atomic mass is 10.3. The summed E-state index contributed by atoms with van der Waals surface area (Å²) in [4.78, 5) is 8.38. The van der Waals surface area contributed by atoms with Gasteiger partial charge in [-0.15, -0.1) is 0 Å². The fraction of sp³-hybridized carbons (Fsp3) is 0.556. The first-order chi connectivity index (χ1) is 6.47. The summed E-state index contributed by atoms with van der Waals surface area (Å²) < 4.78 is 5.42. The zero-order valence-corrected chi connectivity index (χ0v) is 7.44. The van der Waals surface area contributed by atoms with E-state index in [0.29, 0.717) is 6.61 Å². The molecular weight excluding hydrogens is 166 g/mol. The van der Waals surface area contributed by atoms with E-state index in [4.69, 9.17) is 4.74 Å². The Hall–Kier alpha value is -1.00. The number of nitrogens with zero attached hydrogens (tertiary/aromatic N) is 2. The Morgan fingerprint density at radius 1 is 1.38 bits per heavy atom. The van der Waals surface area contributed by atoms with E-state index < -0.39 is 0 Å². The van der Waals surface area contributed by atoms with Crippen LogP contribution in [0.5, 0.6) is 0 Å². The molecule has 1 atom stereocenters. The van der Waals surface area contributed by atoms with Gasteiger partial charge in [0.15, 0.2) is 0 Å². The summed E-state index contributed by atoms with van der Waals surface area (Å²) in [6, 6.07) is 1.98. The number of aromatic nitrogens is 2. The molecule has 0 saturated carbocycles. The Kier molecular flexibility index (Phi) is 2.84. The topological polar surface area (TPSA) is 47.0 Å². The third-order valence-electron chi connectivity index (χ3n) is 2.04. The molecule has 1 unspecified atom stereocenters. The molecule has 4 nitrogen and oxygen atoms in total. The third-order valence-corrected chi connectivity index (χ3v) is 2.04. The van der Waals surface area contributed by atoms with Gasteiger partial charge in [0, 0.05) is 19.0 Å². The summed E-state index contributed by atoms with van der Waals surface area (Å²) in [5.41, 5.74) is 0. The van der Waals surface area contributed by atoms with Gasteiger partial charge < -0.3 is 10.1 Å². The van der Waals surface area contributed by atoms with Crippen molar-refractivity contribution in [1.29, 1.82) is 0 Å². The van der Waals surface area contributed by atoms with Crippen LogP contribution in [-0.2, 0) is 4.74 Å². The number of ether oxygens (including phenoxy) is 1. The molecule has 2 rings (SSSR count). The highest BCUT2D eigenvalue weighted by atomic mass is 16.5. The molecule has 1 aliphatic heterocycles. The Labute approximate surface area is 77.4 Å². The summed E-state index contributed by atoms with van der Waals surface area (Å²) in [6.45, 7) is 2.48. The zero-order chi connectivity index (χ0) is 8.93. The first-order valence-corrected chi connectivity index (χ1v) is 4.55. The van der Waals surface area contributed by atoms with E-state index in [1.165, 1.54) is 0 Å². The smallest absolute Gasteiger partial charge is 0.147 e. The van der Waals surface area contributed by atoms with Gasteiger partial charge >= 0.3 is 0 Å². The molecule has 1 aliphatic rings. The van der Waals surface area contributed by atoms with Crippen LogP contribution in [0.15, 0.2) is 18.5 Å². The molecule has 13 heavy (non-hydrogen) atoms. The van der Waals surface area contributed by atoms with E-state index in [-0.39, 0.29) is 6.04 Å². The standard InChI is InChI=1S/C9H13N3O/c1-3-11-9(12-4-1)8-7-13-6-2-5-10-8/h1,3-4,8,10H,2,5-7H2. The number of hydrogen-bond acceptors (Lipinski definition) is 4. The van der Waals surface area contributed by atoms with E-state index in [1.807, 2.05) is 6.07 Å². The third kappa shape index (κ3) is 2.23. The van der Waals surface area contributed by atoms with Crippen LogP contribution in [0.4, 0.5) is 0 Å². The van der Waals surface area contributed by atoms with Crippen LogP contribution in [0, 0.1) is 0 Å². The molecule has 0 aliphatic carbocycles. The lowest BCUT2D eigenvalue weighted by Gasteiger charge is -2.12. The molecule has 0 amide bonds. The van der Waals surface area contributed by atoms with Crippen molar-refractivity contribution in [2.45, 2.75) is 12.5 Å². The van der Waals surface area contributed by atoms with Crippen molar-refractivity contribution in [3.8, 4) is 0 Å². The second kappa shape index (κ2) is 4.30. The number of hydrogen-bond donors (Lipinski definition) is 1. The monoisotopic (exact) mass is 179 g/mol. The van der Waals surface area contributed by atoms with E-state index >= 15 is 0 Å². The van der Waals surface area contributed by atoms with Gasteiger partial charge in [-0.3, -0.25) is 0 Å². The highest BCUT2D eigenvalue weighted by Gasteiger charge is 2.15. The minimum Gasteiger partial charge on any atom is -0.379 e. The van der Waals surface area contributed by atoms with E-state index in [9.17, 15) is 0 Å². The summed E-state index contributed by atoms with van der Waals surface area (Å²) in [5, 5.41) is 3.35. The molecule has 0 spiro atoms. The maximum Gasteiger partial charge on any atom is 0.147 e. The fourth-order valence-corrected chi connectivity index (χ4v) is 1.37. The van der Waals surface area contributed by atoms with Crippen LogP contribution in [0.1, 0.15) is 18.3 Å². The normalized spacial score (nSPS) is 23.8. The quantitative estimate of drug-likeness (QED) is 0.683. The molecule has 2 heterocycles. The highest BCUT2D eigenvalue weighted by molar-refractivity contribution is 4.96. The Morgan fingerprint density at radius 2 is 2.23 bits per heavy atom. The van der Waals surface area contributed by atoms with Gasteiger partial charge in [-0.1, -0.05) is 0 Å². The summed E-state index contributed by atoms with van der Waals surface area (Å²) in [6.07, 6.45) is 4.58. The summed E-state index contributed by atoms with van der Waals surface area (Å²) in [7, 11) is 0. The largest absolute Gasteiger partial charge is 0.379 e. The molecule has 1 N–H and O–H groups in total. The molecule has 0 radical (unpaired) electrons. The van der Waals surface area contributed by atoms with Crippen molar-refractivity contribution in [1.82, 2.24) is 15.3 Å². The predicted molar refractivity (Wildman–Crippen MR) is 48.2 cm³/mol. The maximum atomic E-state index is 5.42. The lowest BCUT2D eigenvalue weighted by Crippen LogP contribution is -2.25. The van der Waals surface area contributed by atoms with E-state index in [2.05, 4.69) is 15.3 Å². The Balaban J connectivity index is 2.06. The van der Waals surface area contributed by atoms with Crippen molar-refractivity contribution >= 4 is 0 Å². The molecular formula is C9H13N3O. The van der Waals surface area contributed by atoms with Gasteiger partial charge in [0.2, 0.25) is 0 Å². The number of rotatable bonds is 1. The average Bonchev–Trinajstić information content (AvgIpc) is 2.47. The van der Waals surface area contributed by atoms with Gasteiger partial charge in [0.25, 0.3) is 0 Å². The molecule has 0 aromatic carbocycles. The molecule has 1 aromatic heterocycles. The van der Waals surface area contributed by atoms with Gasteiger partial charge in [0.1, 0.15) is 5.82 Å². The minimum atomic E-state index is 0.156. The van der Waals surface area contributed by atoms with Crippen LogP contribution in [0.3, 0.4) is 0 Å². The summed E-state index contributed by atoms with van der Waals surface area (Å²) in [5.74, 6) is 0.824. The molecule has 1 aromatic rings. The second-order valence-corrected chi connectivity index (χ2v) is 3.04. The first kappa shape index (κ1) is 8.59. The van der Waals surface area contributed by atoms with Crippen molar-refractivity contribution in [3.63, 3.8) is 0 Å². The SMILES string of the molecule is c1cnc(C2COCCCN2)nc1. The number of nitrogens with one attached hydrogen (secondary N) is 1. The van der Waals surface area contributed by atoms with E-state index in [1.54, 1.807) is 12.4 Å². The Bertz CT molecular complexity index is 244. The minimum absolute atomic E-state index is 0.156. The molecule has 0 bridgehead atoms. The summed E-state index contributed by atoms with van der Waals surface area (Å²) >= 11 is 0. The second-order valence-electron chi connectivity index (χ2n) is 3.04. The van der Waals surface area contributed by atoms with E-state index in [0.717, 1.165) is 25.4 Å². The molecule has 70 valence electrons. The lowest BCUT2D eigenvalue weighted by molar-refractivity contribution is 0.129. The first-order valence-electron chi connectivity index (χ1n) is 4.55. The van der Waals surface area contributed by atoms with Crippen LogP contribution in [0.2, 0.25) is 0 Å². The van der Waals surface area contributed by atoms with Gasteiger partial charge in [-0.05, 0) is 19.0 Å². The average molecular weight is 179 g/mol. The van der Waals surface area contributed by atoms with Gasteiger partial charge in [0.05, 0.1) is 12.6 Å². The molecule has 1 saturated heterocycles. The van der Waals surface area contributed by atoms with Crippen LogP contribution < -0.4 is 5.32 Å². The van der Waals surface area contributed by atoms with Crippen molar-refractivity contribution in [3.05, 3.63) is 24.3 Å². The molecule has 4 heteroatoms. The van der Waals surface area contributed by atoms with Crippen molar-refractivity contribution < 1.29 is 4.74 Å².